The number of nitrogens with zero attached hydrogens (tertiary/aromatic N) is 1. The Balaban J connectivity index is 2.06. The van der Waals surface area contributed by atoms with Gasteiger partial charge in [-0.1, -0.05) is 0 Å². The van der Waals surface area contributed by atoms with Crippen LogP contribution < -0.4 is 0 Å². The summed E-state index contributed by atoms with van der Waals surface area (Å²) in [6, 6.07) is 0. The predicted octanol–water partition coefficient (Wildman–Crippen LogP) is 1.24. The third-order valence-electron chi connectivity index (χ3n) is 1.13. The van der Waals surface area contributed by atoms with E-state index in [-0.39, 0.29) is 6.67 Å². The van der Waals surface area contributed by atoms with Gasteiger partial charge in [0.1, 0.15) is 0 Å². The molecule has 7 heavy (non-hydrogen) atoms. The average molecular weight is 215 g/mol. The molecule has 1 nitrogen and oxygen atoms in total. The fraction of sp³-hybridized carbons (Fsp3) is 1.00. The zero-order valence-corrected chi connectivity index (χ0v) is 6.06. The quantitative estimate of drug-likeness (QED) is 0.469. The maximum Gasteiger partial charge on any atom is 0.0947 e. The van der Waals surface area contributed by atoms with Crippen LogP contribution in [0.4, 0.5) is 4.39 Å². The molecule has 1 saturated heterocycles. The highest BCUT2D eigenvalue weighted by atomic mass is 127. The van der Waals surface area contributed by atoms with Crippen LogP contribution in [-0.2, 0) is 0 Å². The highest BCUT2D eigenvalue weighted by molar-refractivity contribution is 14.1. The topological polar surface area (TPSA) is 3.24 Å². The van der Waals surface area contributed by atoms with E-state index in [1.54, 1.807) is 0 Å². The van der Waals surface area contributed by atoms with Crippen LogP contribution in [-0.4, -0.2) is 22.9 Å². The van der Waals surface area contributed by atoms with Crippen LogP contribution in [0.2, 0.25) is 0 Å². The average Bonchev–Trinajstić information content (AvgIpc) is 1.58. The first kappa shape index (κ1) is 5.75. The van der Waals surface area contributed by atoms with Gasteiger partial charge in [-0.15, -0.1) is 0 Å². The molecule has 0 aliphatic carbocycles. The molecule has 0 aromatic carbocycles. The van der Waals surface area contributed by atoms with E-state index in [1.165, 1.54) is 0 Å². The van der Waals surface area contributed by atoms with Crippen molar-refractivity contribution in [3.05, 3.63) is 0 Å². The van der Waals surface area contributed by atoms with Crippen molar-refractivity contribution in [1.82, 2.24) is 3.11 Å². The van der Waals surface area contributed by atoms with Crippen LogP contribution >= 0.6 is 22.9 Å². The van der Waals surface area contributed by atoms with Gasteiger partial charge < -0.3 is 0 Å². The van der Waals surface area contributed by atoms with E-state index < -0.39 is 0 Å². The Hall–Kier alpha value is 0.620. The second-order valence-electron chi connectivity index (χ2n) is 1.85. The summed E-state index contributed by atoms with van der Waals surface area (Å²) >= 11 is 2.20. The Bertz CT molecular complexity index is 62.7. The number of halogens is 2. The van der Waals surface area contributed by atoms with Gasteiger partial charge in [0.25, 0.3) is 0 Å². The minimum absolute atomic E-state index is 0.139. The molecule has 1 fully saturated rings. The molecule has 0 aromatic rings. The first-order valence-corrected chi connectivity index (χ1v) is 3.26. The Kier molecular flexibility index (Phi) is 1.86. The van der Waals surface area contributed by atoms with Crippen molar-refractivity contribution in [2.75, 3.05) is 19.8 Å². The predicted molar refractivity (Wildman–Crippen MR) is 35.1 cm³/mol. The molecule has 0 spiro atoms. The van der Waals surface area contributed by atoms with E-state index in [1.807, 2.05) is 0 Å². The molecule has 0 bridgehead atoms. The molecule has 0 N–H and O–H groups in total. The summed E-state index contributed by atoms with van der Waals surface area (Å²) in [5.74, 6) is 0.344. The third kappa shape index (κ3) is 1.25. The molecule has 0 aromatic heterocycles. The SMILES string of the molecule is FCC1CN(I)C1. The molecule has 1 aliphatic rings. The van der Waals surface area contributed by atoms with Gasteiger partial charge in [-0.05, 0) is 0 Å². The summed E-state index contributed by atoms with van der Waals surface area (Å²) in [5.41, 5.74) is 0. The maximum absolute atomic E-state index is 11.6. The summed E-state index contributed by atoms with van der Waals surface area (Å²) in [6.07, 6.45) is 0. The lowest BCUT2D eigenvalue weighted by molar-refractivity contribution is 0.196. The Morgan fingerprint density at radius 2 is 2.29 bits per heavy atom. The van der Waals surface area contributed by atoms with Gasteiger partial charge in [0.15, 0.2) is 0 Å². The third-order valence-corrected chi connectivity index (χ3v) is 1.92. The minimum atomic E-state index is -0.139. The fourth-order valence-corrected chi connectivity index (χ4v) is 1.72. The lowest BCUT2D eigenvalue weighted by atomic mass is 10.1. The lowest BCUT2D eigenvalue weighted by Gasteiger charge is -2.31. The minimum Gasteiger partial charge on any atom is -0.251 e. The van der Waals surface area contributed by atoms with Crippen molar-refractivity contribution in [2.45, 2.75) is 0 Å². The van der Waals surface area contributed by atoms with E-state index in [4.69, 9.17) is 0 Å². The number of hydrogen-bond donors (Lipinski definition) is 0. The summed E-state index contributed by atoms with van der Waals surface area (Å²) < 4.78 is 13.7. The number of rotatable bonds is 1. The highest BCUT2D eigenvalue weighted by Crippen LogP contribution is 2.18. The number of alkyl halides is 1. The van der Waals surface area contributed by atoms with Crippen LogP contribution in [0.3, 0.4) is 0 Å². The second kappa shape index (κ2) is 2.26. The Morgan fingerprint density at radius 1 is 1.71 bits per heavy atom. The molecule has 0 atom stereocenters. The normalized spacial score (nSPS) is 24.9. The van der Waals surface area contributed by atoms with Crippen LogP contribution in [0.25, 0.3) is 0 Å². The molecule has 0 saturated carbocycles. The highest BCUT2D eigenvalue weighted by Gasteiger charge is 2.23. The van der Waals surface area contributed by atoms with Gasteiger partial charge in [-0.3, -0.25) is 4.39 Å². The van der Waals surface area contributed by atoms with Gasteiger partial charge in [0.2, 0.25) is 0 Å². The summed E-state index contributed by atoms with van der Waals surface area (Å²) in [7, 11) is 0. The molecule has 0 unspecified atom stereocenters. The molecular weight excluding hydrogens is 208 g/mol. The largest absolute Gasteiger partial charge is 0.251 e. The molecule has 3 heteroatoms. The maximum atomic E-state index is 11.6. The van der Waals surface area contributed by atoms with E-state index in [9.17, 15) is 4.39 Å². The van der Waals surface area contributed by atoms with E-state index in [2.05, 4.69) is 26.0 Å². The standard InChI is InChI=1S/C4H7FIN/c5-1-4-2-7(6)3-4/h4H,1-3H2. The van der Waals surface area contributed by atoms with E-state index in [0.717, 1.165) is 13.1 Å². The van der Waals surface area contributed by atoms with Crippen molar-refractivity contribution < 1.29 is 4.39 Å². The van der Waals surface area contributed by atoms with Crippen LogP contribution in [0.1, 0.15) is 0 Å². The summed E-state index contributed by atoms with van der Waals surface area (Å²) in [5, 5.41) is 0. The van der Waals surface area contributed by atoms with Crippen molar-refractivity contribution in [3.63, 3.8) is 0 Å². The van der Waals surface area contributed by atoms with Crippen molar-refractivity contribution in [1.29, 1.82) is 0 Å². The second-order valence-corrected chi connectivity index (χ2v) is 3.21. The lowest BCUT2D eigenvalue weighted by Crippen LogP contribution is -2.40. The first-order valence-electron chi connectivity index (χ1n) is 2.29. The number of hydrogen-bond acceptors (Lipinski definition) is 1. The molecule has 1 heterocycles. The fourth-order valence-electron chi connectivity index (χ4n) is 0.604. The summed E-state index contributed by atoms with van der Waals surface area (Å²) in [6.45, 7) is 1.74. The van der Waals surface area contributed by atoms with E-state index >= 15 is 0 Å². The zero-order chi connectivity index (χ0) is 5.28. The summed E-state index contributed by atoms with van der Waals surface area (Å²) in [4.78, 5) is 0. The van der Waals surface area contributed by atoms with Crippen LogP contribution in [0.15, 0.2) is 0 Å². The molecule has 0 amide bonds. The van der Waals surface area contributed by atoms with Gasteiger partial charge in [0.05, 0.1) is 6.67 Å². The van der Waals surface area contributed by atoms with Crippen molar-refractivity contribution >= 4 is 22.9 Å². The van der Waals surface area contributed by atoms with Crippen molar-refractivity contribution in [3.8, 4) is 0 Å². The van der Waals surface area contributed by atoms with Crippen LogP contribution in [0, 0.1) is 5.92 Å². The van der Waals surface area contributed by atoms with E-state index in [0.29, 0.717) is 5.92 Å². The van der Waals surface area contributed by atoms with Gasteiger partial charge in [0, 0.05) is 41.9 Å². The van der Waals surface area contributed by atoms with Gasteiger partial charge >= 0.3 is 0 Å². The smallest absolute Gasteiger partial charge is 0.0947 e. The molecule has 1 aliphatic heterocycles. The monoisotopic (exact) mass is 215 g/mol. The van der Waals surface area contributed by atoms with Crippen LogP contribution in [0.5, 0.6) is 0 Å². The van der Waals surface area contributed by atoms with Gasteiger partial charge in [-0.25, -0.2) is 3.11 Å². The first-order chi connectivity index (χ1) is 3.33. The molecule has 1 rings (SSSR count). The van der Waals surface area contributed by atoms with Gasteiger partial charge in [-0.2, -0.15) is 0 Å². The molecule has 42 valence electrons. The zero-order valence-electron chi connectivity index (χ0n) is 3.90. The Labute approximate surface area is 56.4 Å². The van der Waals surface area contributed by atoms with Crippen molar-refractivity contribution in [2.24, 2.45) is 5.92 Å². The molecular formula is C4H7FIN. The Morgan fingerprint density at radius 3 is 2.43 bits per heavy atom. The molecule has 0 radical (unpaired) electrons.